The van der Waals surface area contributed by atoms with Crippen LogP contribution in [0.15, 0.2) is 29.8 Å². The molecule has 0 amide bonds. The lowest BCUT2D eigenvalue weighted by atomic mass is 9.81. The van der Waals surface area contributed by atoms with Crippen molar-refractivity contribution in [3.63, 3.8) is 0 Å². The maximum absolute atomic E-state index is 2.63. The van der Waals surface area contributed by atoms with E-state index in [-0.39, 0.29) is 5.41 Å². The minimum atomic E-state index is 0.273. The van der Waals surface area contributed by atoms with Crippen LogP contribution in [-0.4, -0.2) is 24.5 Å². The summed E-state index contributed by atoms with van der Waals surface area (Å²) in [6, 6.07) is 9.26. The summed E-state index contributed by atoms with van der Waals surface area (Å²) in [7, 11) is 0. The number of allylic oxidation sites excluding steroid dienone is 1. The van der Waals surface area contributed by atoms with Crippen LogP contribution in [0.2, 0.25) is 0 Å². The van der Waals surface area contributed by atoms with E-state index >= 15 is 0 Å². The van der Waals surface area contributed by atoms with Gasteiger partial charge in [-0.15, -0.1) is 0 Å². The number of piperidine rings is 1. The maximum atomic E-state index is 2.63. The first-order chi connectivity index (χ1) is 10.8. The zero-order chi connectivity index (χ0) is 17.0. The predicted octanol–water partition coefficient (Wildman–Crippen LogP) is 5.90. The smallest absolute Gasteiger partial charge is 0.0196 e. The zero-order valence-electron chi connectivity index (χ0n) is 16.1. The number of likely N-dealkylation sites (tertiary alicyclic amines) is 1. The van der Waals surface area contributed by atoms with Gasteiger partial charge in [-0.2, -0.15) is 0 Å². The zero-order valence-corrected chi connectivity index (χ0v) is 16.1. The molecule has 1 atom stereocenters. The highest BCUT2D eigenvalue weighted by Crippen LogP contribution is 2.28. The molecule has 1 saturated heterocycles. The van der Waals surface area contributed by atoms with Crippen LogP contribution in [0.3, 0.4) is 0 Å². The first-order valence-corrected chi connectivity index (χ1v) is 9.33. The summed E-state index contributed by atoms with van der Waals surface area (Å²) in [5, 5.41) is 0. The number of nitrogens with zero attached hydrogens (tertiary/aromatic N) is 1. The SMILES string of the molecule is CCC(C)(C)c1ccc(C(C)=C(C)CN2CCCC(C)C2)cc1. The van der Waals surface area contributed by atoms with Crippen LogP contribution >= 0.6 is 0 Å². The Morgan fingerprint density at radius 2 is 1.83 bits per heavy atom. The molecular weight excluding hydrogens is 278 g/mol. The van der Waals surface area contributed by atoms with Crippen molar-refractivity contribution in [1.29, 1.82) is 0 Å². The molecule has 0 radical (unpaired) electrons. The summed E-state index contributed by atoms with van der Waals surface area (Å²) < 4.78 is 0. The Labute approximate surface area is 143 Å². The highest BCUT2D eigenvalue weighted by molar-refractivity contribution is 5.67. The molecule has 1 unspecified atom stereocenters. The third kappa shape index (κ3) is 4.70. The van der Waals surface area contributed by atoms with Crippen LogP contribution in [0.25, 0.3) is 5.57 Å². The fourth-order valence-electron chi connectivity index (χ4n) is 3.51. The summed E-state index contributed by atoms with van der Waals surface area (Å²) in [4.78, 5) is 2.63. The van der Waals surface area contributed by atoms with Crippen molar-refractivity contribution >= 4 is 5.57 Å². The molecule has 2 rings (SSSR count). The van der Waals surface area contributed by atoms with Gasteiger partial charge >= 0.3 is 0 Å². The number of hydrogen-bond donors (Lipinski definition) is 0. The number of benzene rings is 1. The van der Waals surface area contributed by atoms with Gasteiger partial charge in [0.05, 0.1) is 0 Å². The Hall–Kier alpha value is -1.08. The van der Waals surface area contributed by atoms with Crippen LogP contribution in [0.4, 0.5) is 0 Å². The molecule has 0 spiro atoms. The van der Waals surface area contributed by atoms with Crippen molar-refractivity contribution < 1.29 is 0 Å². The Balaban J connectivity index is 2.10. The van der Waals surface area contributed by atoms with Crippen molar-refractivity contribution in [3.8, 4) is 0 Å². The molecule has 1 nitrogen and oxygen atoms in total. The van der Waals surface area contributed by atoms with Gasteiger partial charge in [-0.3, -0.25) is 4.90 Å². The monoisotopic (exact) mass is 313 g/mol. The van der Waals surface area contributed by atoms with E-state index in [4.69, 9.17) is 0 Å². The van der Waals surface area contributed by atoms with E-state index in [9.17, 15) is 0 Å². The van der Waals surface area contributed by atoms with E-state index in [1.54, 1.807) is 0 Å². The van der Waals surface area contributed by atoms with Crippen LogP contribution in [-0.2, 0) is 5.41 Å². The van der Waals surface area contributed by atoms with Crippen LogP contribution in [0.5, 0.6) is 0 Å². The highest BCUT2D eigenvalue weighted by Gasteiger charge is 2.18. The molecule has 1 aliphatic heterocycles. The molecule has 1 heteroatoms. The van der Waals surface area contributed by atoms with Gasteiger partial charge in [0.1, 0.15) is 0 Å². The van der Waals surface area contributed by atoms with Gasteiger partial charge in [-0.25, -0.2) is 0 Å². The van der Waals surface area contributed by atoms with Crippen LogP contribution in [0.1, 0.15) is 71.9 Å². The van der Waals surface area contributed by atoms with Crippen molar-refractivity contribution in [3.05, 3.63) is 41.0 Å². The molecule has 1 aromatic carbocycles. The summed E-state index contributed by atoms with van der Waals surface area (Å²) in [6.45, 7) is 17.5. The Kier molecular flexibility index (Phi) is 6.08. The van der Waals surface area contributed by atoms with Gasteiger partial charge in [0, 0.05) is 13.1 Å². The minimum absolute atomic E-state index is 0.273. The lowest BCUT2D eigenvalue weighted by Crippen LogP contribution is -2.35. The summed E-state index contributed by atoms with van der Waals surface area (Å²) in [5.74, 6) is 0.854. The van der Waals surface area contributed by atoms with Crippen molar-refractivity contribution in [2.75, 3.05) is 19.6 Å². The predicted molar refractivity (Wildman–Crippen MR) is 103 cm³/mol. The van der Waals surface area contributed by atoms with E-state index in [1.807, 2.05) is 0 Å². The average Bonchev–Trinajstić information content (AvgIpc) is 2.54. The molecule has 0 bridgehead atoms. The molecule has 1 aliphatic rings. The van der Waals surface area contributed by atoms with Gasteiger partial charge in [-0.1, -0.05) is 57.5 Å². The summed E-state index contributed by atoms with van der Waals surface area (Å²) in [6.07, 6.45) is 3.93. The lowest BCUT2D eigenvalue weighted by Gasteiger charge is -2.31. The molecule has 0 aromatic heterocycles. The quantitative estimate of drug-likeness (QED) is 0.654. The lowest BCUT2D eigenvalue weighted by molar-refractivity contribution is 0.198. The average molecular weight is 314 g/mol. The number of rotatable bonds is 5. The first-order valence-electron chi connectivity index (χ1n) is 9.33. The first kappa shape index (κ1) is 18.3. The van der Waals surface area contributed by atoms with E-state index in [1.165, 1.54) is 54.6 Å². The second kappa shape index (κ2) is 7.66. The Morgan fingerprint density at radius 1 is 1.17 bits per heavy atom. The van der Waals surface area contributed by atoms with Gasteiger partial charge in [0.25, 0.3) is 0 Å². The molecular formula is C22H35N. The number of hydrogen-bond acceptors (Lipinski definition) is 1. The molecule has 1 fully saturated rings. The highest BCUT2D eigenvalue weighted by atomic mass is 15.1. The third-order valence-electron chi connectivity index (χ3n) is 5.83. The van der Waals surface area contributed by atoms with E-state index < -0.39 is 0 Å². The second-order valence-electron chi connectivity index (χ2n) is 8.20. The van der Waals surface area contributed by atoms with E-state index in [0.29, 0.717) is 0 Å². The summed E-state index contributed by atoms with van der Waals surface area (Å²) in [5.41, 5.74) is 6.06. The molecule has 0 N–H and O–H groups in total. The maximum Gasteiger partial charge on any atom is 0.0196 e. The van der Waals surface area contributed by atoms with Crippen molar-refractivity contribution in [1.82, 2.24) is 4.90 Å². The molecule has 23 heavy (non-hydrogen) atoms. The van der Waals surface area contributed by atoms with Crippen LogP contribution < -0.4 is 0 Å². The van der Waals surface area contributed by atoms with Gasteiger partial charge < -0.3 is 0 Å². The Morgan fingerprint density at radius 3 is 2.39 bits per heavy atom. The normalized spacial score (nSPS) is 21.2. The van der Waals surface area contributed by atoms with Crippen LogP contribution in [0, 0.1) is 5.92 Å². The van der Waals surface area contributed by atoms with Gasteiger partial charge in [-0.05, 0) is 67.7 Å². The van der Waals surface area contributed by atoms with E-state index in [0.717, 1.165) is 12.5 Å². The molecule has 0 saturated carbocycles. The largest absolute Gasteiger partial charge is 0.299 e. The third-order valence-corrected chi connectivity index (χ3v) is 5.83. The topological polar surface area (TPSA) is 3.24 Å². The van der Waals surface area contributed by atoms with E-state index in [2.05, 4.69) is 70.7 Å². The second-order valence-corrected chi connectivity index (χ2v) is 8.20. The molecule has 0 aliphatic carbocycles. The fourth-order valence-corrected chi connectivity index (χ4v) is 3.51. The van der Waals surface area contributed by atoms with Gasteiger partial charge in [0.15, 0.2) is 0 Å². The van der Waals surface area contributed by atoms with Crippen molar-refractivity contribution in [2.45, 2.75) is 66.2 Å². The van der Waals surface area contributed by atoms with Gasteiger partial charge in [0.2, 0.25) is 0 Å². The standard InChI is InChI=1S/C22H35N/c1-7-22(5,6)21-12-10-20(11-13-21)19(4)18(3)16-23-14-8-9-17(2)15-23/h10-13,17H,7-9,14-16H2,1-6H3. The minimum Gasteiger partial charge on any atom is -0.299 e. The van der Waals surface area contributed by atoms with Crippen molar-refractivity contribution in [2.24, 2.45) is 5.92 Å². The summed E-state index contributed by atoms with van der Waals surface area (Å²) >= 11 is 0. The Bertz CT molecular complexity index is 536. The molecule has 128 valence electrons. The molecule has 1 aromatic rings. The molecule has 1 heterocycles. The fraction of sp³-hybridized carbons (Fsp3) is 0.636.